The summed E-state index contributed by atoms with van der Waals surface area (Å²) in [7, 11) is 0. The maximum Gasteiger partial charge on any atom is 0.321 e. The Hall–Kier alpha value is -4.87. The highest BCUT2D eigenvalue weighted by Gasteiger charge is 2.37. The topological polar surface area (TPSA) is 675 Å². The fourth-order valence-electron chi connectivity index (χ4n) is 8.15. The van der Waals surface area contributed by atoms with Crippen LogP contribution < -0.4 is 21.6 Å². The van der Waals surface area contributed by atoms with E-state index in [-0.39, 0.29) is 91.4 Å². The summed E-state index contributed by atoms with van der Waals surface area (Å²) in [5.74, 6) is -6.61. The molecule has 43 nitrogen and oxygen atoms in total. The zero-order valence-corrected chi connectivity index (χ0v) is 51.0. The molecule has 0 aromatic heterocycles. The number of hydrogen-bond donors (Lipinski definition) is 26. The quantitative estimate of drug-likeness (QED) is 0.0116. The molecule has 0 saturated heterocycles. The third kappa shape index (κ3) is 34.1. The van der Waals surface area contributed by atoms with E-state index in [1.54, 1.807) is 11.8 Å². The number of ether oxygens (including phenoxy) is 2. The number of aliphatic hydroxyl groups excluding tert-OH is 20. The summed E-state index contributed by atoms with van der Waals surface area (Å²) in [6, 6.07) is -1.83. The van der Waals surface area contributed by atoms with Gasteiger partial charge < -0.3 is 142 Å². The standard InChI is InChI=1S/C50H97N9O34/c1-2-55(12-14-57(18-37(73)74)28(50(87)88)17-35(72)56(8-6-53-91-23-33(70)42(79)38(75)29(66)19-60)9-7-54-92-24-34(71)43(80)39(76)30(67)20-61)13-15-58(25-89-26-64)36(90-27-65)3-16-93-59(10-4-51-48(85)46(83)44(81)40(77)31(68)21-62)11-5-52-49(86)47(84)45(82)41(78)32(69)22-63/h26-34,36,38-47,53-54,60-63,66-71,75-84H,2-25H2,1H3,(H,51,85)(H,52,86)(H,73,74)(H,87,88). The molecule has 18 unspecified atom stereocenters. The van der Waals surface area contributed by atoms with Crippen LogP contribution >= 0.6 is 0 Å². The first-order chi connectivity index (χ1) is 43.9. The molecular formula is C50H97N9O34. The van der Waals surface area contributed by atoms with E-state index in [0.717, 1.165) is 14.9 Å². The average molecular weight is 1370 g/mol. The van der Waals surface area contributed by atoms with E-state index in [4.69, 9.17) is 44.4 Å². The van der Waals surface area contributed by atoms with Crippen LogP contribution in [0.3, 0.4) is 0 Å². The molecule has 3 amide bonds. The number of hydrogen-bond acceptors (Lipinski definition) is 38. The molecule has 0 aliphatic rings. The van der Waals surface area contributed by atoms with Crippen molar-refractivity contribution < 1.29 is 170 Å². The summed E-state index contributed by atoms with van der Waals surface area (Å²) < 4.78 is 10.3. The Labute approximate surface area is 532 Å². The van der Waals surface area contributed by atoms with Crippen molar-refractivity contribution in [1.82, 2.24) is 46.3 Å². The van der Waals surface area contributed by atoms with Gasteiger partial charge in [-0.2, -0.15) is 5.06 Å². The fraction of sp³-hybridized carbons (Fsp3) is 0.860. The highest BCUT2D eigenvalue weighted by Crippen LogP contribution is 2.14. The second kappa shape index (κ2) is 49.6. The summed E-state index contributed by atoms with van der Waals surface area (Å²) in [6.07, 6.45) is -35.1. The number of carboxylic acid groups (broad SMARTS) is 2. The van der Waals surface area contributed by atoms with E-state index < -0.39 is 219 Å². The summed E-state index contributed by atoms with van der Waals surface area (Å²) in [5.41, 5.74) is 4.75. The Morgan fingerprint density at radius 1 is 0.495 bits per heavy atom. The van der Waals surface area contributed by atoms with E-state index in [0.29, 0.717) is 0 Å². The zero-order valence-electron chi connectivity index (χ0n) is 51.0. The summed E-state index contributed by atoms with van der Waals surface area (Å²) in [5, 5.41) is 221. The molecule has 93 heavy (non-hydrogen) atoms. The molecule has 0 radical (unpaired) electrons. The van der Waals surface area contributed by atoms with E-state index in [2.05, 4.69) is 21.6 Å². The molecule has 18 atom stereocenters. The van der Waals surface area contributed by atoms with Gasteiger partial charge >= 0.3 is 11.9 Å². The lowest BCUT2D eigenvalue weighted by Gasteiger charge is -2.33. The van der Waals surface area contributed by atoms with Gasteiger partial charge in [0, 0.05) is 85.0 Å². The van der Waals surface area contributed by atoms with Gasteiger partial charge in [-0.15, -0.1) is 0 Å². The molecule has 0 fully saturated rings. The van der Waals surface area contributed by atoms with E-state index in [1.807, 2.05) is 0 Å². The third-order valence-corrected chi connectivity index (χ3v) is 13.9. The summed E-state index contributed by atoms with van der Waals surface area (Å²) >= 11 is 0. The van der Waals surface area contributed by atoms with Crippen molar-refractivity contribution in [2.24, 2.45) is 0 Å². The number of aliphatic hydroxyl groups is 20. The Kier molecular flexibility index (Phi) is 47.0. The minimum absolute atomic E-state index is 0.00521. The van der Waals surface area contributed by atoms with Gasteiger partial charge in [-0.1, -0.05) is 6.92 Å². The molecule has 0 heterocycles. The van der Waals surface area contributed by atoms with E-state index in [9.17, 15) is 125 Å². The van der Waals surface area contributed by atoms with Crippen molar-refractivity contribution in [2.45, 2.75) is 130 Å². The molecule has 0 spiro atoms. The normalized spacial score (nSPS) is 17.9. The van der Waals surface area contributed by atoms with Gasteiger partial charge in [0.2, 0.25) is 5.91 Å². The maximum absolute atomic E-state index is 14.0. The second-order valence-electron chi connectivity index (χ2n) is 20.6. The van der Waals surface area contributed by atoms with Crippen LogP contribution in [-0.2, 0) is 57.5 Å². The molecule has 0 rings (SSSR count). The van der Waals surface area contributed by atoms with Crippen molar-refractivity contribution in [3.05, 3.63) is 0 Å². The highest BCUT2D eigenvalue weighted by atomic mass is 16.7. The number of hydroxylamine groups is 4. The number of likely N-dealkylation sites (N-methyl/N-ethyl adjacent to an activating group) is 1. The third-order valence-electron chi connectivity index (χ3n) is 13.9. The van der Waals surface area contributed by atoms with E-state index in [1.165, 1.54) is 4.90 Å². The smallest absolute Gasteiger partial charge is 0.321 e. The number of nitrogens with zero attached hydrogens (tertiary/aromatic N) is 5. The van der Waals surface area contributed by atoms with Crippen molar-refractivity contribution >= 4 is 42.6 Å². The van der Waals surface area contributed by atoms with Gasteiger partial charge in [-0.3, -0.25) is 53.0 Å². The lowest BCUT2D eigenvalue weighted by atomic mass is 10.0. The van der Waals surface area contributed by atoms with Crippen molar-refractivity contribution in [1.29, 1.82) is 0 Å². The van der Waals surface area contributed by atoms with Gasteiger partial charge in [0.05, 0.1) is 59.2 Å². The first-order valence-corrected chi connectivity index (χ1v) is 29.0. The number of carboxylic acids is 2. The Morgan fingerprint density at radius 3 is 1.28 bits per heavy atom. The van der Waals surface area contributed by atoms with Crippen LogP contribution in [0.1, 0.15) is 19.8 Å². The van der Waals surface area contributed by atoms with Crippen LogP contribution in [0.15, 0.2) is 0 Å². The molecule has 0 aliphatic heterocycles. The summed E-state index contributed by atoms with van der Waals surface area (Å²) in [4.78, 5) is 109. The minimum Gasteiger partial charge on any atom is -0.480 e. The molecule has 0 bridgehead atoms. The Morgan fingerprint density at radius 2 is 0.903 bits per heavy atom. The van der Waals surface area contributed by atoms with Crippen LogP contribution in [0.2, 0.25) is 0 Å². The van der Waals surface area contributed by atoms with Gasteiger partial charge in [0.15, 0.2) is 18.4 Å². The number of carbonyl (C=O) groups is 7. The average Bonchev–Trinajstić information content (AvgIpc) is 1.45. The van der Waals surface area contributed by atoms with Crippen LogP contribution in [0.4, 0.5) is 0 Å². The number of nitrogens with one attached hydrogen (secondary N) is 4. The predicted molar refractivity (Wildman–Crippen MR) is 304 cm³/mol. The number of carbonyl (C=O) groups excluding carboxylic acids is 5. The second-order valence-corrected chi connectivity index (χ2v) is 20.6. The van der Waals surface area contributed by atoms with Crippen molar-refractivity contribution in [3.63, 3.8) is 0 Å². The molecule has 546 valence electrons. The molecule has 0 aromatic rings. The molecule has 43 heteroatoms. The largest absolute Gasteiger partial charge is 0.480 e. The maximum atomic E-state index is 14.0. The molecule has 0 aromatic carbocycles. The zero-order chi connectivity index (χ0) is 70.9. The van der Waals surface area contributed by atoms with Crippen molar-refractivity contribution in [2.75, 3.05) is 145 Å². The monoisotopic (exact) mass is 1370 g/mol. The summed E-state index contributed by atoms with van der Waals surface area (Å²) in [6.45, 7) is -8.66. The van der Waals surface area contributed by atoms with Gasteiger partial charge in [0.25, 0.3) is 24.8 Å². The number of amides is 3. The molecule has 26 N–H and O–H groups in total. The Bertz CT molecular complexity index is 1980. The number of aliphatic carboxylic acids is 2. The van der Waals surface area contributed by atoms with E-state index >= 15 is 0 Å². The molecule has 0 saturated carbocycles. The van der Waals surface area contributed by atoms with Crippen LogP contribution in [0.5, 0.6) is 0 Å². The lowest BCUT2D eigenvalue weighted by Crippen LogP contribution is -2.53. The SMILES string of the molecule is CCN(CCN(COC=O)C(CCON(CCNC(=O)C(O)C(O)C(O)C(O)CO)CCNC(=O)C(O)C(O)C(O)C(O)CO)OC=O)CCN(CC(=O)O)C(CC(=O)N(CCNOCC(O)C(O)C(O)C(O)CO)CCNOCC(O)C(O)C(O)C(O)CO)C(=O)O. The van der Waals surface area contributed by atoms with Crippen LogP contribution in [-0.4, -0.2) is 434 Å². The highest BCUT2D eigenvalue weighted by molar-refractivity contribution is 5.85. The van der Waals surface area contributed by atoms with Gasteiger partial charge in [-0.25, -0.2) is 15.9 Å². The molecule has 0 aliphatic carbocycles. The fourth-order valence-corrected chi connectivity index (χ4v) is 8.15. The minimum atomic E-state index is -2.34. The van der Waals surface area contributed by atoms with Gasteiger partial charge in [0.1, 0.15) is 98.2 Å². The van der Waals surface area contributed by atoms with Crippen LogP contribution in [0, 0.1) is 0 Å². The Balaban J connectivity index is 6.46. The van der Waals surface area contributed by atoms with Gasteiger partial charge in [-0.05, 0) is 6.54 Å². The first kappa shape index (κ1) is 88.1. The van der Waals surface area contributed by atoms with Crippen molar-refractivity contribution in [3.8, 4) is 0 Å². The predicted octanol–water partition coefficient (Wildman–Crippen LogP) is -17.1. The lowest BCUT2D eigenvalue weighted by molar-refractivity contribution is -0.180. The molecular weight excluding hydrogens is 1270 g/mol. The number of rotatable bonds is 59. The first-order valence-electron chi connectivity index (χ1n) is 29.0. The van der Waals surface area contributed by atoms with Crippen LogP contribution in [0.25, 0.3) is 0 Å².